The van der Waals surface area contributed by atoms with Crippen LogP contribution in [-0.2, 0) is 17.7 Å². The predicted octanol–water partition coefficient (Wildman–Crippen LogP) is 3.80. The minimum atomic E-state index is -0.498. The number of carbonyl (C=O) groups is 1. The highest BCUT2D eigenvalue weighted by atomic mass is 35.5. The molecule has 8 heteroatoms. The average molecular weight is 493 g/mol. The minimum absolute atomic E-state index is 0.109. The predicted molar refractivity (Wildman–Crippen MR) is 137 cm³/mol. The maximum Gasteiger partial charge on any atom is 0.275 e. The summed E-state index contributed by atoms with van der Waals surface area (Å²) in [6.45, 7) is 2.40. The molecule has 1 aromatic heterocycles. The first-order valence-electron chi connectivity index (χ1n) is 11.7. The molecule has 1 aliphatic heterocycles. The Kier molecular flexibility index (Phi) is 8.19. The van der Waals surface area contributed by atoms with Crippen LogP contribution in [0.5, 0.6) is 5.75 Å². The number of hydrogen-bond donors (Lipinski definition) is 2. The molecule has 35 heavy (non-hydrogen) atoms. The van der Waals surface area contributed by atoms with E-state index in [2.05, 4.69) is 27.4 Å². The Bertz CT molecular complexity index is 1260. The molecule has 1 aliphatic rings. The van der Waals surface area contributed by atoms with Gasteiger partial charge in [0.15, 0.2) is 11.4 Å². The summed E-state index contributed by atoms with van der Waals surface area (Å²) in [5.41, 5.74) is 3.01. The van der Waals surface area contributed by atoms with Crippen molar-refractivity contribution < 1.29 is 14.6 Å². The molecule has 0 radical (unpaired) electrons. The third kappa shape index (κ3) is 6.49. The highest BCUT2D eigenvalue weighted by Crippen LogP contribution is 2.31. The van der Waals surface area contributed by atoms with Crippen molar-refractivity contribution >= 4 is 28.4 Å². The van der Waals surface area contributed by atoms with Crippen molar-refractivity contribution in [3.8, 4) is 17.6 Å². The summed E-state index contributed by atoms with van der Waals surface area (Å²) in [6, 6.07) is 11.1. The van der Waals surface area contributed by atoms with Gasteiger partial charge in [0.05, 0.1) is 12.1 Å². The topological polar surface area (TPSA) is 87.6 Å². The summed E-state index contributed by atoms with van der Waals surface area (Å²) < 4.78 is 5.49. The van der Waals surface area contributed by atoms with Gasteiger partial charge in [-0.05, 0) is 74.7 Å². The SMILES string of the molecule is CN(C)CC#Cc1cc(CC2CCOCC2)cc2c(O)c(C(=O)NCc3ccc(Cl)cc3)nnc12. The number of benzene rings is 2. The number of halogens is 1. The lowest BCUT2D eigenvalue weighted by Gasteiger charge is -2.22. The molecule has 4 rings (SSSR count). The van der Waals surface area contributed by atoms with Gasteiger partial charge < -0.3 is 15.2 Å². The molecule has 0 unspecified atom stereocenters. The fourth-order valence-corrected chi connectivity index (χ4v) is 4.19. The summed E-state index contributed by atoms with van der Waals surface area (Å²) >= 11 is 5.92. The van der Waals surface area contributed by atoms with Gasteiger partial charge in [-0.25, -0.2) is 0 Å². The van der Waals surface area contributed by atoms with E-state index in [-0.39, 0.29) is 18.0 Å². The van der Waals surface area contributed by atoms with Crippen molar-refractivity contribution in [1.82, 2.24) is 20.4 Å². The lowest BCUT2D eigenvalue weighted by atomic mass is 9.91. The Labute approximate surface area is 210 Å². The Morgan fingerprint density at radius 3 is 2.63 bits per heavy atom. The number of carbonyl (C=O) groups excluding carboxylic acids is 1. The molecule has 2 aromatic carbocycles. The van der Waals surface area contributed by atoms with E-state index < -0.39 is 5.91 Å². The van der Waals surface area contributed by atoms with Gasteiger partial charge in [-0.2, -0.15) is 0 Å². The van der Waals surface area contributed by atoms with Crippen LogP contribution in [0.3, 0.4) is 0 Å². The van der Waals surface area contributed by atoms with Crippen LogP contribution >= 0.6 is 11.6 Å². The zero-order valence-electron chi connectivity index (χ0n) is 20.0. The zero-order valence-corrected chi connectivity index (χ0v) is 20.7. The summed E-state index contributed by atoms with van der Waals surface area (Å²) in [6.07, 6.45) is 2.85. The molecule has 1 fully saturated rings. The number of amides is 1. The molecule has 0 aliphatic carbocycles. The molecule has 2 heterocycles. The molecule has 0 bridgehead atoms. The molecule has 1 saturated heterocycles. The van der Waals surface area contributed by atoms with Crippen LogP contribution in [0.25, 0.3) is 10.9 Å². The van der Waals surface area contributed by atoms with E-state index in [1.807, 2.05) is 43.3 Å². The van der Waals surface area contributed by atoms with Gasteiger partial charge in [-0.3, -0.25) is 9.69 Å². The van der Waals surface area contributed by atoms with E-state index in [0.29, 0.717) is 34.0 Å². The molecule has 0 atom stereocenters. The van der Waals surface area contributed by atoms with Gasteiger partial charge in [-0.15, -0.1) is 10.2 Å². The Hall–Kier alpha value is -3.18. The number of ether oxygens (including phenoxy) is 1. The Morgan fingerprint density at radius 2 is 1.91 bits per heavy atom. The number of fused-ring (bicyclic) bond motifs is 1. The number of aromatic hydroxyl groups is 1. The highest BCUT2D eigenvalue weighted by molar-refractivity contribution is 6.30. The second kappa shape index (κ2) is 11.5. The standard InChI is InChI=1S/C27H29ClN4O3/c1-32(2)11-3-4-21-15-20(14-18-9-12-35-13-10-18)16-23-24(21)30-31-25(26(23)33)27(34)29-17-19-5-7-22(28)8-6-19/h5-8,15-16,18H,9-14,17H2,1-2H3,(H,29,34)(H,30,33). The van der Waals surface area contributed by atoms with Crippen molar-refractivity contribution in [2.45, 2.75) is 25.8 Å². The monoisotopic (exact) mass is 492 g/mol. The largest absolute Gasteiger partial charge is 0.505 e. The van der Waals surface area contributed by atoms with Gasteiger partial charge in [-0.1, -0.05) is 35.6 Å². The number of rotatable bonds is 6. The number of aromatic nitrogens is 2. The molecular formula is C27H29ClN4O3. The third-order valence-corrected chi connectivity index (χ3v) is 6.22. The maximum absolute atomic E-state index is 12.8. The van der Waals surface area contributed by atoms with E-state index in [0.717, 1.165) is 43.6 Å². The number of hydrogen-bond acceptors (Lipinski definition) is 6. The molecule has 1 amide bonds. The first-order valence-corrected chi connectivity index (χ1v) is 12.0. The Morgan fingerprint density at radius 1 is 1.17 bits per heavy atom. The summed E-state index contributed by atoms with van der Waals surface area (Å²) in [5, 5.41) is 23.3. The fraction of sp³-hybridized carbons (Fsp3) is 0.370. The fourth-order valence-electron chi connectivity index (χ4n) is 4.07. The highest BCUT2D eigenvalue weighted by Gasteiger charge is 2.21. The van der Waals surface area contributed by atoms with Crippen LogP contribution in [0.15, 0.2) is 36.4 Å². The van der Waals surface area contributed by atoms with Gasteiger partial charge in [0.25, 0.3) is 5.91 Å². The van der Waals surface area contributed by atoms with Crippen molar-refractivity contribution in [2.24, 2.45) is 5.92 Å². The summed E-state index contributed by atoms with van der Waals surface area (Å²) in [5.74, 6) is 6.14. The minimum Gasteiger partial charge on any atom is -0.505 e. The second-order valence-electron chi connectivity index (χ2n) is 9.05. The average Bonchev–Trinajstić information content (AvgIpc) is 2.84. The third-order valence-electron chi connectivity index (χ3n) is 5.96. The first kappa shape index (κ1) is 24.9. The quantitative estimate of drug-likeness (QED) is 0.509. The van der Waals surface area contributed by atoms with Crippen LogP contribution in [-0.4, -0.2) is 60.0 Å². The molecule has 0 saturated carbocycles. The van der Waals surface area contributed by atoms with Crippen LogP contribution in [0, 0.1) is 17.8 Å². The lowest BCUT2D eigenvalue weighted by molar-refractivity contribution is 0.0665. The second-order valence-corrected chi connectivity index (χ2v) is 9.48. The molecule has 0 spiro atoms. The first-order chi connectivity index (χ1) is 16.9. The van der Waals surface area contributed by atoms with E-state index in [9.17, 15) is 9.90 Å². The van der Waals surface area contributed by atoms with E-state index >= 15 is 0 Å². The smallest absolute Gasteiger partial charge is 0.275 e. The van der Waals surface area contributed by atoms with E-state index in [1.54, 1.807) is 12.1 Å². The van der Waals surface area contributed by atoms with Crippen molar-refractivity contribution in [1.29, 1.82) is 0 Å². The van der Waals surface area contributed by atoms with Crippen molar-refractivity contribution in [2.75, 3.05) is 33.9 Å². The molecule has 2 N–H and O–H groups in total. The maximum atomic E-state index is 12.8. The lowest BCUT2D eigenvalue weighted by Crippen LogP contribution is -2.24. The normalized spacial score (nSPS) is 14.1. The molecule has 7 nitrogen and oxygen atoms in total. The van der Waals surface area contributed by atoms with Crippen LogP contribution in [0.1, 0.15) is 40.0 Å². The Balaban J connectivity index is 1.65. The molecular weight excluding hydrogens is 464 g/mol. The molecule has 182 valence electrons. The number of nitrogens with one attached hydrogen (secondary N) is 1. The van der Waals surface area contributed by atoms with E-state index in [1.165, 1.54) is 0 Å². The van der Waals surface area contributed by atoms with Gasteiger partial charge in [0.1, 0.15) is 5.52 Å². The van der Waals surface area contributed by atoms with Crippen molar-refractivity contribution in [3.05, 3.63) is 63.8 Å². The summed E-state index contributed by atoms with van der Waals surface area (Å²) in [7, 11) is 3.91. The number of nitrogens with zero attached hydrogens (tertiary/aromatic N) is 3. The van der Waals surface area contributed by atoms with Crippen LogP contribution < -0.4 is 5.32 Å². The van der Waals surface area contributed by atoms with E-state index in [4.69, 9.17) is 16.3 Å². The van der Waals surface area contributed by atoms with Gasteiger partial charge in [0, 0.05) is 30.2 Å². The van der Waals surface area contributed by atoms with Gasteiger partial charge >= 0.3 is 0 Å². The van der Waals surface area contributed by atoms with Crippen LogP contribution in [0.2, 0.25) is 5.02 Å². The summed E-state index contributed by atoms with van der Waals surface area (Å²) in [4.78, 5) is 14.8. The zero-order chi connectivity index (χ0) is 24.8. The molecule has 3 aromatic rings. The van der Waals surface area contributed by atoms with Crippen molar-refractivity contribution in [3.63, 3.8) is 0 Å². The van der Waals surface area contributed by atoms with Gasteiger partial charge in [0.2, 0.25) is 0 Å². The van der Waals surface area contributed by atoms with Crippen LogP contribution in [0.4, 0.5) is 0 Å².